The lowest BCUT2D eigenvalue weighted by atomic mass is 10.1. The summed E-state index contributed by atoms with van der Waals surface area (Å²) in [4.78, 5) is 14.8. The maximum atomic E-state index is 4.36. The van der Waals surface area contributed by atoms with Gasteiger partial charge in [-0.2, -0.15) is 0 Å². The fourth-order valence-electron chi connectivity index (χ4n) is 2.10. The zero-order valence-electron chi connectivity index (χ0n) is 13.7. The topological polar surface area (TPSA) is 53.9 Å². The average Bonchev–Trinajstić information content (AvgIpc) is 2.53. The van der Waals surface area contributed by atoms with Crippen molar-refractivity contribution >= 4 is 11.6 Å². The van der Waals surface area contributed by atoms with E-state index in [0.29, 0.717) is 5.92 Å². The summed E-state index contributed by atoms with van der Waals surface area (Å²) in [6.07, 6.45) is 7.39. The fraction of sp³-hybridized carbons (Fsp3) is 0.471. The minimum Gasteiger partial charge on any atom is -0.370 e. The van der Waals surface area contributed by atoms with Crippen LogP contribution < -0.4 is 10.2 Å². The van der Waals surface area contributed by atoms with E-state index in [-0.39, 0.29) is 0 Å². The second kappa shape index (κ2) is 8.32. The van der Waals surface area contributed by atoms with E-state index in [1.807, 2.05) is 30.6 Å². The van der Waals surface area contributed by atoms with Crippen LogP contribution >= 0.6 is 0 Å². The van der Waals surface area contributed by atoms with Gasteiger partial charge in [0.2, 0.25) is 0 Å². The van der Waals surface area contributed by atoms with Gasteiger partial charge in [-0.1, -0.05) is 13.8 Å². The van der Waals surface area contributed by atoms with E-state index in [1.165, 1.54) is 5.56 Å². The van der Waals surface area contributed by atoms with Gasteiger partial charge in [0.05, 0.1) is 0 Å². The van der Waals surface area contributed by atoms with Gasteiger partial charge < -0.3 is 10.2 Å². The molecule has 0 bridgehead atoms. The van der Waals surface area contributed by atoms with Gasteiger partial charge in [0, 0.05) is 38.6 Å². The molecule has 0 radical (unpaired) electrons. The Morgan fingerprint density at radius 3 is 2.68 bits per heavy atom. The number of pyridine rings is 1. The molecule has 1 N–H and O–H groups in total. The predicted molar refractivity (Wildman–Crippen MR) is 91.2 cm³/mol. The molecule has 2 aromatic heterocycles. The third-order valence-electron chi connectivity index (χ3n) is 3.56. The third kappa shape index (κ3) is 5.31. The minimum atomic E-state index is 0.692. The number of hydrogen-bond acceptors (Lipinski definition) is 5. The summed E-state index contributed by atoms with van der Waals surface area (Å²) >= 11 is 0. The molecule has 0 amide bonds. The monoisotopic (exact) mass is 299 g/mol. The highest BCUT2D eigenvalue weighted by Gasteiger charge is 2.05. The van der Waals surface area contributed by atoms with Crippen LogP contribution in [-0.4, -0.2) is 35.1 Å². The fourth-order valence-corrected chi connectivity index (χ4v) is 2.10. The Labute approximate surface area is 132 Å². The van der Waals surface area contributed by atoms with Crippen molar-refractivity contribution in [1.29, 1.82) is 0 Å². The van der Waals surface area contributed by atoms with Gasteiger partial charge in [0.1, 0.15) is 18.0 Å². The number of aromatic nitrogens is 3. The van der Waals surface area contributed by atoms with Crippen molar-refractivity contribution in [2.24, 2.45) is 5.92 Å². The molecule has 0 aliphatic carbocycles. The van der Waals surface area contributed by atoms with Crippen molar-refractivity contribution in [2.75, 3.05) is 30.4 Å². The largest absolute Gasteiger partial charge is 0.370 e. The van der Waals surface area contributed by atoms with Gasteiger partial charge in [-0.15, -0.1) is 0 Å². The summed E-state index contributed by atoms with van der Waals surface area (Å²) in [5.41, 5.74) is 1.28. The van der Waals surface area contributed by atoms with E-state index in [9.17, 15) is 0 Å². The van der Waals surface area contributed by atoms with Gasteiger partial charge >= 0.3 is 0 Å². The summed E-state index contributed by atoms with van der Waals surface area (Å²) in [6, 6.07) is 6.10. The summed E-state index contributed by atoms with van der Waals surface area (Å²) in [5, 5.41) is 3.36. The molecular weight excluding hydrogens is 274 g/mol. The Kier molecular flexibility index (Phi) is 6.13. The smallest absolute Gasteiger partial charge is 0.133 e. The Morgan fingerprint density at radius 1 is 1.18 bits per heavy atom. The highest BCUT2D eigenvalue weighted by atomic mass is 15.2. The van der Waals surface area contributed by atoms with Crippen LogP contribution in [0.25, 0.3) is 0 Å². The van der Waals surface area contributed by atoms with Crippen molar-refractivity contribution in [3.05, 3.63) is 42.5 Å². The first-order valence-electron chi connectivity index (χ1n) is 7.81. The molecule has 2 heterocycles. The number of anilines is 2. The van der Waals surface area contributed by atoms with Crippen LogP contribution in [0.4, 0.5) is 11.6 Å². The summed E-state index contributed by atoms with van der Waals surface area (Å²) in [7, 11) is 2.06. The highest BCUT2D eigenvalue weighted by Crippen LogP contribution is 2.13. The van der Waals surface area contributed by atoms with Gasteiger partial charge in [-0.3, -0.25) is 4.98 Å². The molecule has 2 rings (SSSR count). The average molecular weight is 299 g/mol. The molecule has 0 aliphatic heterocycles. The minimum absolute atomic E-state index is 0.692. The molecule has 0 spiro atoms. The zero-order chi connectivity index (χ0) is 15.8. The quantitative estimate of drug-likeness (QED) is 0.812. The molecule has 5 heteroatoms. The van der Waals surface area contributed by atoms with Crippen LogP contribution in [0.2, 0.25) is 0 Å². The van der Waals surface area contributed by atoms with E-state index in [4.69, 9.17) is 0 Å². The van der Waals surface area contributed by atoms with E-state index < -0.39 is 0 Å². The van der Waals surface area contributed by atoms with Crippen LogP contribution in [0.1, 0.15) is 25.8 Å². The maximum Gasteiger partial charge on any atom is 0.133 e. The maximum absolute atomic E-state index is 4.36. The van der Waals surface area contributed by atoms with Crippen LogP contribution in [0.3, 0.4) is 0 Å². The Balaban J connectivity index is 1.88. The van der Waals surface area contributed by atoms with Crippen LogP contribution in [0.15, 0.2) is 36.9 Å². The second-order valence-electron chi connectivity index (χ2n) is 5.90. The van der Waals surface area contributed by atoms with E-state index in [0.717, 1.165) is 37.6 Å². The number of rotatable bonds is 8. The Bertz CT molecular complexity index is 556. The molecule has 0 unspecified atom stereocenters. The highest BCUT2D eigenvalue weighted by molar-refractivity contribution is 5.47. The first kappa shape index (κ1) is 16.2. The van der Waals surface area contributed by atoms with Crippen LogP contribution in [0, 0.1) is 5.92 Å². The van der Waals surface area contributed by atoms with E-state index in [2.05, 4.69) is 46.1 Å². The molecule has 22 heavy (non-hydrogen) atoms. The van der Waals surface area contributed by atoms with Crippen molar-refractivity contribution in [2.45, 2.75) is 26.7 Å². The predicted octanol–water partition coefficient (Wildman–Crippen LogP) is 3.01. The lowest BCUT2D eigenvalue weighted by molar-refractivity contribution is 0.606. The zero-order valence-corrected chi connectivity index (χ0v) is 13.7. The molecule has 0 saturated carbocycles. The van der Waals surface area contributed by atoms with E-state index >= 15 is 0 Å². The first-order valence-corrected chi connectivity index (χ1v) is 7.81. The van der Waals surface area contributed by atoms with Gasteiger partial charge in [0.25, 0.3) is 0 Å². The molecule has 2 aromatic rings. The summed E-state index contributed by atoms with van der Waals surface area (Å²) in [5.74, 6) is 2.52. The number of likely N-dealkylation sites (N-methyl/N-ethyl adjacent to an activating group) is 1. The Hall–Kier alpha value is -2.17. The van der Waals surface area contributed by atoms with E-state index in [1.54, 1.807) is 6.33 Å². The second-order valence-corrected chi connectivity index (χ2v) is 5.90. The number of hydrogen-bond donors (Lipinski definition) is 1. The lowest BCUT2D eigenvalue weighted by Gasteiger charge is -2.18. The van der Waals surface area contributed by atoms with Gasteiger partial charge in [-0.25, -0.2) is 9.97 Å². The molecule has 5 nitrogen and oxygen atoms in total. The van der Waals surface area contributed by atoms with Crippen molar-refractivity contribution in [1.82, 2.24) is 15.0 Å². The molecular formula is C17H25N5. The molecule has 0 atom stereocenters. The molecule has 0 fully saturated rings. The van der Waals surface area contributed by atoms with Crippen molar-refractivity contribution in [3.8, 4) is 0 Å². The van der Waals surface area contributed by atoms with Crippen molar-refractivity contribution in [3.63, 3.8) is 0 Å². The SMILES string of the molecule is CC(C)CCNc1cc(N(C)CCc2ccncc2)ncn1. The van der Waals surface area contributed by atoms with Crippen molar-refractivity contribution < 1.29 is 0 Å². The molecule has 118 valence electrons. The molecule has 0 saturated heterocycles. The van der Waals surface area contributed by atoms with Gasteiger partial charge in [-0.05, 0) is 36.5 Å². The van der Waals surface area contributed by atoms with Gasteiger partial charge in [0.15, 0.2) is 0 Å². The summed E-state index contributed by atoms with van der Waals surface area (Å²) < 4.78 is 0. The normalized spacial score (nSPS) is 10.7. The third-order valence-corrected chi connectivity index (χ3v) is 3.56. The number of nitrogens with one attached hydrogen (secondary N) is 1. The standard InChI is InChI=1S/C17H25N5/c1-14(2)4-10-19-16-12-17(21-13-20-16)22(3)11-7-15-5-8-18-9-6-15/h5-6,8-9,12-14H,4,7,10-11H2,1-3H3,(H,19,20,21). The van der Waals surface area contributed by atoms with Crippen LogP contribution in [0.5, 0.6) is 0 Å². The number of nitrogens with zero attached hydrogens (tertiary/aromatic N) is 4. The molecule has 0 aromatic carbocycles. The molecule has 0 aliphatic rings. The Morgan fingerprint density at radius 2 is 1.95 bits per heavy atom. The summed E-state index contributed by atoms with van der Waals surface area (Å²) in [6.45, 7) is 6.29. The lowest BCUT2D eigenvalue weighted by Crippen LogP contribution is -2.21. The first-order chi connectivity index (χ1) is 10.6. The van der Waals surface area contributed by atoms with Crippen LogP contribution in [-0.2, 0) is 6.42 Å².